The fraction of sp³-hybridized carbons (Fsp3) is 0.526. The standard InChI is InChI=1S/C38H46N2O8/c1-39-27-13-14-28(39)20-31(19-27)47-37(43)33(25-9-5-3-6-10-25)23-45-35(41)17-18-36(42)46-24-34(26-11-7-4-8-12-26)38(44)48-32-21-29-15-16-30(22-32)40(29)2/h3-12,17-18,27-34H,13-16,19-24H2,1-2H3/b18-17-/t27-,28+,29-,30+,31?,32?,33?,34?. The Bertz CT molecular complexity index is 1330. The molecule has 4 aliphatic rings. The van der Waals surface area contributed by atoms with E-state index in [9.17, 15) is 19.2 Å². The number of carbonyl (C=O) groups is 4. The second-order valence-corrected chi connectivity index (χ2v) is 13.7. The molecule has 10 nitrogen and oxygen atoms in total. The van der Waals surface area contributed by atoms with E-state index in [4.69, 9.17) is 18.9 Å². The number of benzene rings is 2. The lowest BCUT2D eigenvalue weighted by atomic mass is 9.98. The van der Waals surface area contributed by atoms with Gasteiger partial charge in [0.2, 0.25) is 0 Å². The Morgan fingerprint density at radius 1 is 0.604 bits per heavy atom. The Morgan fingerprint density at radius 2 is 0.938 bits per heavy atom. The summed E-state index contributed by atoms with van der Waals surface area (Å²) >= 11 is 0. The number of hydrogen-bond donors (Lipinski definition) is 0. The molecule has 8 atom stereocenters. The molecule has 0 aliphatic carbocycles. The van der Waals surface area contributed by atoms with Crippen LogP contribution in [0.25, 0.3) is 0 Å². The number of carbonyl (C=O) groups excluding carboxylic acids is 4. The maximum absolute atomic E-state index is 13.3. The molecular weight excluding hydrogens is 612 g/mol. The Labute approximate surface area is 282 Å². The van der Waals surface area contributed by atoms with Gasteiger partial charge in [0.1, 0.15) is 37.3 Å². The van der Waals surface area contributed by atoms with Crippen molar-refractivity contribution in [1.29, 1.82) is 0 Å². The number of ether oxygens (including phenoxy) is 4. The van der Waals surface area contributed by atoms with Crippen LogP contribution in [0.4, 0.5) is 0 Å². The largest absolute Gasteiger partial charge is 0.462 e. The lowest BCUT2D eigenvalue weighted by Gasteiger charge is -2.36. The van der Waals surface area contributed by atoms with E-state index in [-0.39, 0.29) is 25.4 Å². The highest BCUT2D eigenvalue weighted by Crippen LogP contribution is 2.37. The van der Waals surface area contributed by atoms with Crippen LogP contribution in [0.1, 0.15) is 74.3 Å². The fourth-order valence-electron chi connectivity index (χ4n) is 7.94. The SMILES string of the molecule is CN1[C@@H]2CC[C@H]1CC(OC(=O)C(COC(=O)/C=C\C(=O)OCC(C(=O)OC1C[C@H]3CC[C@@H](C1)N3C)c1ccccc1)c1ccccc1)C2. The van der Waals surface area contributed by atoms with E-state index in [1.165, 1.54) is 0 Å². The molecule has 0 amide bonds. The molecule has 0 spiro atoms. The summed E-state index contributed by atoms with van der Waals surface area (Å²) in [6.07, 6.45) is 9.24. The van der Waals surface area contributed by atoms with Crippen LogP contribution < -0.4 is 0 Å². The van der Waals surface area contributed by atoms with Gasteiger partial charge < -0.3 is 28.7 Å². The minimum Gasteiger partial charge on any atom is -0.462 e. The first kappa shape index (κ1) is 33.9. The van der Waals surface area contributed by atoms with Crippen LogP contribution in [0.5, 0.6) is 0 Å². The van der Waals surface area contributed by atoms with Gasteiger partial charge in [-0.15, -0.1) is 0 Å². The topological polar surface area (TPSA) is 112 Å². The van der Waals surface area contributed by atoms with E-state index < -0.39 is 35.7 Å². The van der Waals surface area contributed by atoms with E-state index in [1.807, 2.05) is 36.4 Å². The molecule has 0 radical (unpaired) electrons. The van der Waals surface area contributed by atoms with Gasteiger partial charge in [0, 0.05) is 36.3 Å². The molecule has 4 bridgehead atoms. The summed E-state index contributed by atoms with van der Waals surface area (Å²) in [7, 11) is 4.26. The normalized spacial score (nSPS) is 28.0. The minimum absolute atomic E-state index is 0.167. The lowest BCUT2D eigenvalue weighted by molar-refractivity contribution is -0.158. The molecule has 6 rings (SSSR count). The summed E-state index contributed by atoms with van der Waals surface area (Å²) in [6.45, 7) is -0.470. The van der Waals surface area contributed by atoms with Crippen molar-refractivity contribution >= 4 is 23.9 Å². The van der Waals surface area contributed by atoms with Crippen molar-refractivity contribution in [3.05, 3.63) is 83.9 Å². The Morgan fingerprint density at radius 3 is 1.27 bits per heavy atom. The third-order valence-corrected chi connectivity index (χ3v) is 10.8. The van der Waals surface area contributed by atoms with Crippen LogP contribution in [0.15, 0.2) is 72.8 Å². The van der Waals surface area contributed by atoms with Crippen molar-refractivity contribution < 1.29 is 38.1 Å². The van der Waals surface area contributed by atoms with Crippen molar-refractivity contribution in [3.63, 3.8) is 0 Å². The Hall–Kier alpha value is -4.02. The van der Waals surface area contributed by atoms with E-state index in [1.54, 1.807) is 24.3 Å². The molecule has 2 aromatic carbocycles. The van der Waals surface area contributed by atoms with Gasteiger partial charge in [0.25, 0.3) is 0 Å². The van der Waals surface area contributed by atoms with E-state index in [0.717, 1.165) is 63.5 Å². The Balaban J connectivity index is 1.01. The number of esters is 4. The fourth-order valence-corrected chi connectivity index (χ4v) is 7.94. The van der Waals surface area contributed by atoms with Gasteiger partial charge in [0.05, 0.1) is 0 Å². The monoisotopic (exact) mass is 658 g/mol. The second kappa shape index (κ2) is 15.5. The van der Waals surface area contributed by atoms with Crippen molar-refractivity contribution in [1.82, 2.24) is 9.80 Å². The summed E-state index contributed by atoms with van der Waals surface area (Å²) in [5, 5.41) is 0. The maximum Gasteiger partial charge on any atom is 0.331 e. The average molecular weight is 659 g/mol. The number of piperidine rings is 2. The number of hydrogen-bond acceptors (Lipinski definition) is 10. The summed E-state index contributed by atoms with van der Waals surface area (Å²) in [5.41, 5.74) is 1.36. The zero-order valence-electron chi connectivity index (χ0n) is 27.8. The zero-order valence-corrected chi connectivity index (χ0v) is 27.8. The van der Waals surface area contributed by atoms with E-state index in [0.29, 0.717) is 35.3 Å². The molecule has 0 aromatic heterocycles. The van der Waals surface area contributed by atoms with Crippen LogP contribution >= 0.6 is 0 Å². The molecule has 48 heavy (non-hydrogen) atoms. The molecule has 0 N–H and O–H groups in total. The third kappa shape index (κ3) is 8.15. The maximum atomic E-state index is 13.3. The van der Waals surface area contributed by atoms with Gasteiger partial charge in [-0.3, -0.25) is 9.59 Å². The van der Waals surface area contributed by atoms with Gasteiger partial charge in [-0.05, 0) is 76.6 Å². The van der Waals surface area contributed by atoms with Gasteiger partial charge in [-0.25, -0.2) is 9.59 Å². The zero-order chi connectivity index (χ0) is 33.6. The molecule has 4 heterocycles. The molecule has 256 valence electrons. The Kier molecular flexibility index (Phi) is 10.9. The molecular formula is C38H46N2O8. The highest BCUT2D eigenvalue weighted by atomic mass is 16.6. The van der Waals surface area contributed by atoms with Crippen molar-refractivity contribution in [3.8, 4) is 0 Å². The molecule has 0 saturated carbocycles. The highest BCUT2D eigenvalue weighted by molar-refractivity contribution is 5.92. The van der Waals surface area contributed by atoms with Crippen molar-refractivity contribution in [2.45, 2.75) is 99.6 Å². The summed E-state index contributed by atoms with van der Waals surface area (Å²) < 4.78 is 22.7. The van der Waals surface area contributed by atoms with Crippen molar-refractivity contribution in [2.24, 2.45) is 0 Å². The first-order chi connectivity index (χ1) is 23.2. The smallest absolute Gasteiger partial charge is 0.331 e. The van der Waals surface area contributed by atoms with Crippen LogP contribution in [-0.4, -0.2) is 97.4 Å². The predicted octanol–water partition coefficient (Wildman–Crippen LogP) is 4.53. The van der Waals surface area contributed by atoms with Crippen LogP contribution in [-0.2, 0) is 38.1 Å². The summed E-state index contributed by atoms with van der Waals surface area (Å²) in [4.78, 5) is 56.7. The molecule has 4 saturated heterocycles. The van der Waals surface area contributed by atoms with E-state index >= 15 is 0 Å². The van der Waals surface area contributed by atoms with Gasteiger partial charge in [0.15, 0.2) is 0 Å². The average Bonchev–Trinajstić information content (AvgIpc) is 3.40. The first-order valence-electron chi connectivity index (χ1n) is 17.2. The summed E-state index contributed by atoms with van der Waals surface area (Å²) in [5.74, 6) is -4.06. The van der Waals surface area contributed by atoms with Gasteiger partial charge in [-0.2, -0.15) is 0 Å². The number of nitrogens with zero attached hydrogens (tertiary/aromatic N) is 2. The number of rotatable bonds is 12. The third-order valence-electron chi connectivity index (χ3n) is 10.8. The lowest BCUT2D eigenvalue weighted by Crippen LogP contribution is -2.44. The van der Waals surface area contributed by atoms with Crippen LogP contribution in [0, 0.1) is 0 Å². The quantitative estimate of drug-likeness (QED) is 0.183. The molecule has 4 unspecified atom stereocenters. The molecule has 4 aliphatic heterocycles. The van der Waals surface area contributed by atoms with Crippen molar-refractivity contribution in [2.75, 3.05) is 27.3 Å². The highest BCUT2D eigenvalue weighted by Gasteiger charge is 2.42. The summed E-state index contributed by atoms with van der Waals surface area (Å²) in [6, 6.07) is 19.9. The predicted molar refractivity (Wildman–Crippen MR) is 177 cm³/mol. The van der Waals surface area contributed by atoms with Crippen LogP contribution in [0.2, 0.25) is 0 Å². The van der Waals surface area contributed by atoms with Gasteiger partial charge in [-0.1, -0.05) is 60.7 Å². The minimum atomic E-state index is -0.801. The molecule has 2 aromatic rings. The van der Waals surface area contributed by atoms with Crippen LogP contribution in [0.3, 0.4) is 0 Å². The molecule has 4 fully saturated rings. The van der Waals surface area contributed by atoms with E-state index in [2.05, 4.69) is 23.9 Å². The molecule has 10 heteroatoms. The first-order valence-corrected chi connectivity index (χ1v) is 17.2. The number of fused-ring (bicyclic) bond motifs is 4. The second-order valence-electron chi connectivity index (χ2n) is 13.7. The van der Waals surface area contributed by atoms with Gasteiger partial charge >= 0.3 is 23.9 Å².